The minimum absolute atomic E-state index is 0.199. The van der Waals surface area contributed by atoms with E-state index in [1.54, 1.807) is 0 Å². The smallest absolute Gasteiger partial charge is 0.222 e. The van der Waals surface area contributed by atoms with Crippen LogP contribution in [-0.4, -0.2) is 49.5 Å². The van der Waals surface area contributed by atoms with Crippen LogP contribution in [0, 0.1) is 0 Å². The molecule has 0 unspecified atom stereocenters. The highest BCUT2D eigenvalue weighted by molar-refractivity contribution is 5.76. The first-order chi connectivity index (χ1) is 10.8. The third kappa shape index (κ3) is 3.78. The summed E-state index contributed by atoms with van der Waals surface area (Å²) in [6.45, 7) is 3.35. The molecule has 1 spiro atoms. The minimum atomic E-state index is -0.410. The molecule has 1 amide bonds. The standard InChI is InChI=1S/C17H23NO4/c19-16(7-4-12-20-15-5-2-1-3-6-15)18-10-8-17(9-11-18)21-13-14-22-17/h1-3,5-6H,4,7-14H2. The number of nitrogens with zero attached hydrogens (tertiary/aromatic N) is 1. The van der Waals surface area contributed by atoms with Crippen LogP contribution < -0.4 is 4.74 Å². The van der Waals surface area contributed by atoms with Crippen LogP contribution in [0.25, 0.3) is 0 Å². The molecule has 1 aromatic rings. The van der Waals surface area contributed by atoms with Gasteiger partial charge in [-0.15, -0.1) is 0 Å². The molecule has 2 aliphatic heterocycles. The number of hydrogen-bond acceptors (Lipinski definition) is 4. The highest BCUT2D eigenvalue weighted by Crippen LogP contribution is 2.31. The second kappa shape index (κ2) is 7.11. The number of hydrogen-bond donors (Lipinski definition) is 0. The lowest BCUT2D eigenvalue weighted by atomic mass is 10.0. The van der Waals surface area contributed by atoms with Gasteiger partial charge in [-0.3, -0.25) is 4.79 Å². The zero-order chi connectivity index (χ0) is 15.3. The molecule has 0 N–H and O–H groups in total. The van der Waals surface area contributed by atoms with E-state index in [2.05, 4.69) is 0 Å². The van der Waals surface area contributed by atoms with E-state index in [4.69, 9.17) is 14.2 Å². The van der Waals surface area contributed by atoms with Crippen molar-refractivity contribution >= 4 is 5.91 Å². The van der Waals surface area contributed by atoms with Crippen molar-refractivity contribution in [2.24, 2.45) is 0 Å². The zero-order valence-electron chi connectivity index (χ0n) is 12.8. The molecule has 22 heavy (non-hydrogen) atoms. The van der Waals surface area contributed by atoms with Gasteiger partial charge in [-0.2, -0.15) is 0 Å². The van der Waals surface area contributed by atoms with Gasteiger partial charge >= 0.3 is 0 Å². The molecule has 2 heterocycles. The SMILES string of the molecule is O=C(CCCOc1ccccc1)N1CCC2(CC1)OCCO2. The van der Waals surface area contributed by atoms with Gasteiger partial charge in [0.15, 0.2) is 5.79 Å². The molecular formula is C17H23NO4. The van der Waals surface area contributed by atoms with Gasteiger partial charge in [0.2, 0.25) is 5.91 Å². The maximum absolute atomic E-state index is 12.2. The number of carbonyl (C=O) groups excluding carboxylic acids is 1. The van der Waals surface area contributed by atoms with E-state index in [1.807, 2.05) is 35.2 Å². The van der Waals surface area contributed by atoms with E-state index < -0.39 is 5.79 Å². The molecule has 3 rings (SSSR count). The lowest BCUT2D eigenvalue weighted by Crippen LogP contribution is -2.47. The summed E-state index contributed by atoms with van der Waals surface area (Å²) in [5.74, 6) is 0.641. The lowest BCUT2D eigenvalue weighted by molar-refractivity contribution is -0.187. The summed E-state index contributed by atoms with van der Waals surface area (Å²) in [6, 6.07) is 9.69. The molecule has 1 aromatic carbocycles. The topological polar surface area (TPSA) is 48.0 Å². The fraction of sp³-hybridized carbons (Fsp3) is 0.588. The molecule has 2 aliphatic rings. The highest BCUT2D eigenvalue weighted by Gasteiger charge is 2.40. The molecule has 0 aromatic heterocycles. The van der Waals surface area contributed by atoms with Crippen molar-refractivity contribution in [1.29, 1.82) is 0 Å². The Balaban J connectivity index is 1.34. The van der Waals surface area contributed by atoms with Crippen LogP contribution in [0.4, 0.5) is 0 Å². The number of benzene rings is 1. The first-order valence-electron chi connectivity index (χ1n) is 8.01. The van der Waals surface area contributed by atoms with E-state index in [0.717, 1.165) is 38.1 Å². The number of piperidine rings is 1. The number of ether oxygens (including phenoxy) is 3. The van der Waals surface area contributed by atoms with Crippen LogP contribution in [0.5, 0.6) is 5.75 Å². The second-order valence-electron chi connectivity index (χ2n) is 5.75. The Labute approximate surface area is 131 Å². The van der Waals surface area contributed by atoms with Gasteiger partial charge in [-0.25, -0.2) is 0 Å². The molecule has 0 radical (unpaired) electrons. The molecule has 120 valence electrons. The summed E-state index contributed by atoms with van der Waals surface area (Å²) in [4.78, 5) is 14.1. The summed E-state index contributed by atoms with van der Waals surface area (Å²) >= 11 is 0. The maximum Gasteiger partial charge on any atom is 0.222 e. The molecule has 0 saturated carbocycles. The summed E-state index contributed by atoms with van der Waals surface area (Å²) in [5, 5.41) is 0. The first-order valence-corrected chi connectivity index (χ1v) is 8.01. The molecule has 0 atom stereocenters. The van der Waals surface area contributed by atoms with Crippen molar-refractivity contribution in [3.63, 3.8) is 0 Å². The largest absolute Gasteiger partial charge is 0.494 e. The fourth-order valence-electron chi connectivity index (χ4n) is 2.97. The summed E-state index contributed by atoms with van der Waals surface area (Å²) in [6.07, 6.45) is 2.82. The van der Waals surface area contributed by atoms with Crippen molar-refractivity contribution in [2.75, 3.05) is 32.9 Å². The van der Waals surface area contributed by atoms with Crippen molar-refractivity contribution < 1.29 is 19.0 Å². The van der Waals surface area contributed by atoms with Gasteiger partial charge in [0.25, 0.3) is 0 Å². The summed E-state index contributed by atoms with van der Waals surface area (Å²) in [5.41, 5.74) is 0. The van der Waals surface area contributed by atoms with Crippen molar-refractivity contribution in [1.82, 2.24) is 4.90 Å². The third-order valence-electron chi connectivity index (χ3n) is 4.24. The summed E-state index contributed by atoms with van der Waals surface area (Å²) < 4.78 is 17.0. The van der Waals surface area contributed by atoms with Crippen LogP contribution in [0.1, 0.15) is 25.7 Å². The third-order valence-corrected chi connectivity index (χ3v) is 4.24. The quantitative estimate of drug-likeness (QED) is 0.783. The van der Waals surface area contributed by atoms with Gasteiger partial charge in [0, 0.05) is 32.4 Å². The van der Waals surface area contributed by atoms with Crippen LogP contribution in [0.15, 0.2) is 30.3 Å². The molecule has 0 aliphatic carbocycles. The number of rotatable bonds is 5. The fourth-order valence-corrected chi connectivity index (χ4v) is 2.97. The Hall–Kier alpha value is -1.59. The molecule has 2 fully saturated rings. The van der Waals surface area contributed by atoms with Gasteiger partial charge in [0.05, 0.1) is 19.8 Å². The van der Waals surface area contributed by atoms with Gasteiger partial charge in [-0.05, 0) is 18.6 Å². The van der Waals surface area contributed by atoms with Crippen molar-refractivity contribution in [3.8, 4) is 5.75 Å². The Morgan fingerprint density at radius 1 is 1.14 bits per heavy atom. The Bertz CT molecular complexity index is 475. The number of likely N-dealkylation sites (tertiary alicyclic amines) is 1. The highest BCUT2D eigenvalue weighted by atomic mass is 16.7. The normalized spacial score (nSPS) is 20.3. The van der Waals surface area contributed by atoms with Gasteiger partial charge in [-0.1, -0.05) is 18.2 Å². The predicted molar refractivity (Wildman–Crippen MR) is 81.6 cm³/mol. The maximum atomic E-state index is 12.2. The van der Waals surface area contributed by atoms with E-state index >= 15 is 0 Å². The Kier molecular flexibility index (Phi) is 4.95. The van der Waals surface area contributed by atoms with Gasteiger partial charge < -0.3 is 19.1 Å². The molecule has 5 heteroatoms. The van der Waals surface area contributed by atoms with Crippen LogP contribution in [0.3, 0.4) is 0 Å². The van der Waals surface area contributed by atoms with E-state index in [1.165, 1.54) is 0 Å². The van der Waals surface area contributed by atoms with Crippen LogP contribution >= 0.6 is 0 Å². The second-order valence-corrected chi connectivity index (χ2v) is 5.75. The molecule has 0 bridgehead atoms. The lowest BCUT2D eigenvalue weighted by Gasteiger charge is -2.37. The number of amides is 1. The molecule has 5 nitrogen and oxygen atoms in total. The van der Waals surface area contributed by atoms with Crippen molar-refractivity contribution in [2.45, 2.75) is 31.5 Å². The van der Waals surface area contributed by atoms with Gasteiger partial charge in [0.1, 0.15) is 5.75 Å². The molecular weight excluding hydrogens is 282 g/mol. The summed E-state index contributed by atoms with van der Waals surface area (Å²) in [7, 11) is 0. The molecule has 2 saturated heterocycles. The Morgan fingerprint density at radius 3 is 2.50 bits per heavy atom. The van der Waals surface area contributed by atoms with E-state index in [9.17, 15) is 4.79 Å². The monoisotopic (exact) mass is 305 g/mol. The zero-order valence-corrected chi connectivity index (χ0v) is 12.8. The average Bonchev–Trinajstić information content (AvgIpc) is 3.01. The number of para-hydroxylation sites is 1. The average molecular weight is 305 g/mol. The van der Waals surface area contributed by atoms with Crippen LogP contribution in [0.2, 0.25) is 0 Å². The van der Waals surface area contributed by atoms with Crippen molar-refractivity contribution in [3.05, 3.63) is 30.3 Å². The predicted octanol–water partition coefficient (Wildman–Crippen LogP) is 2.21. The minimum Gasteiger partial charge on any atom is -0.494 e. The van der Waals surface area contributed by atoms with E-state index in [-0.39, 0.29) is 5.91 Å². The van der Waals surface area contributed by atoms with E-state index in [0.29, 0.717) is 26.2 Å². The number of carbonyl (C=O) groups is 1. The van der Waals surface area contributed by atoms with Crippen LogP contribution in [-0.2, 0) is 14.3 Å². The first kappa shape index (κ1) is 15.3. The Morgan fingerprint density at radius 2 is 1.82 bits per heavy atom.